The Morgan fingerprint density at radius 3 is 2.54 bits per heavy atom. The lowest BCUT2D eigenvalue weighted by Crippen LogP contribution is -2.07. The van der Waals surface area contributed by atoms with Crippen LogP contribution in [-0.4, -0.2) is 25.1 Å². The number of benzene rings is 2. The van der Waals surface area contributed by atoms with Crippen molar-refractivity contribution < 1.29 is 0 Å². The summed E-state index contributed by atoms with van der Waals surface area (Å²) in [5.74, 6) is 0. The first-order valence-electron chi connectivity index (χ1n) is 8.89. The lowest BCUT2D eigenvalue weighted by atomic mass is 10.0. The Bertz CT molecular complexity index is 1360. The highest BCUT2D eigenvalue weighted by atomic mass is 16.1. The van der Waals surface area contributed by atoms with E-state index in [-0.39, 0.29) is 5.56 Å². The molecule has 5 aromatic rings. The lowest BCUT2D eigenvalue weighted by Gasteiger charge is -2.06. The number of hydrogen-bond acceptors (Lipinski definition) is 5. The molecule has 0 aliphatic heterocycles. The molecule has 0 amide bonds. The third-order valence-corrected chi connectivity index (χ3v) is 4.67. The molecule has 2 aromatic carbocycles. The molecule has 0 saturated heterocycles. The van der Waals surface area contributed by atoms with Gasteiger partial charge in [-0.05, 0) is 41.3 Å². The van der Waals surface area contributed by atoms with Gasteiger partial charge in [0.25, 0.3) is 5.56 Å². The largest absolute Gasteiger partial charge is 0.268 e. The molecule has 5 rings (SSSR count). The van der Waals surface area contributed by atoms with Crippen LogP contribution in [0.5, 0.6) is 0 Å². The molecule has 1 N–H and O–H groups in total. The van der Waals surface area contributed by atoms with Crippen molar-refractivity contribution in [1.82, 2.24) is 25.1 Å². The van der Waals surface area contributed by atoms with Crippen LogP contribution in [0.3, 0.4) is 0 Å². The summed E-state index contributed by atoms with van der Waals surface area (Å²) < 4.78 is 0. The predicted molar refractivity (Wildman–Crippen MR) is 108 cm³/mol. The Morgan fingerprint density at radius 2 is 1.68 bits per heavy atom. The maximum Gasteiger partial charge on any atom is 0.264 e. The Hall–Kier alpha value is -3.93. The summed E-state index contributed by atoms with van der Waals surface area (Å²) in [5, 5.41) is 8.71. The smallest absolute Gasteiger partial charge is 0.264 e. The van der Waals surface area contributed by atoms with Crippen molar-refractivity contribution in [2.75, 3.05) is 0 Å². The molecule has 0 fully saturated rings. The van der Waals surface area contributed by atoms with E-state index in [1.54, 1.807) is 18.5 Å². The van der Waals surface area contributed by atoms with E-state index < -0.39 is 0 Å². The summed E-state index contributed by atoms with van der Waals surface area (Å²) >= 11 is 0. The molecule has 0 atom stereocenters. The summed E-state index contributed by atoms with van der Waals surface area (Å²) in [4.78, 5) is 24.4. The van der Waals surface area contributed by atoms with Crippen molar-refractivity contribution in [3.63, 3.8) is 0 Å². The predicted octanol–water partition coefficient (Wildman–Crippen LogP) is 3.52. The fraction of sp³-hybridized carbons (Fsp3) is 0.0455. The quantitative estimate of drug-likeness (QED) is 0.529. The minimum atomic E-state index is -0.196. The van der Waals surface area contributed by atoms with Crippen LogP contribution >= 0.6 is 0 Å². The van der Waals surface area contributed by atoms with Gasteiger partial charge >= 0.3 is 0 Å². The molecule has 0 aliphatic rings. The van der Waals surface area contributed by atoms with Gasteiger partial charge in [-0.2, -0.15) is 5.10 Å². The lowest BCUT2D eigenvalue weighted by molar-refractivity contribution is 0.911. The van der Waals surface area contributed by atoms with E-state index in [4.69, 9.17) is 0 Å². The standard InChI is InChI=1S/C22H15N5O/c28-22-6-4-18(26-27-22)10-14-1-2-15-11-20(25-13-17(15)9-14)16-3-5-19-21(12-16)24-8-7-23-19/h1-9,11-13H,10H2,(H,27,28). The fourth-order valence-electron chi connectivity index (χ4n) is 3.26. The summed E-state index contributed by atoms with van der Waals surface area (Å²) in [7, 11) is 0. The maximum atomic E-state index is 11.1. The van der Waals surface area contributed by atoms with Gasteiger partial charge in [-0.15, -0.1) is 0 Å². The monoisotopic (exact) mass is 365 g/mol. The van der Waals surface area contributed by atoms with E-state index in [0.717, 1.165) is 44.3 Å². The molecule has 3 aromatic heterocycles. The third kappa shape index (κ3) is 3.12. The zero-order chi connectivity index (χ0) is 18.9. The molecule has 134 valence electrons. The van der Waals surface area contributed by atoms with Gasteiger partial charge in [0.2, 0.25) is 0 Å². The van der Waals surface area contributed by atoms with E-state index in [1.807, 2.05) is 24.4 Å². The van der Waals surface area contributed by atoms with Crippen molar-refractivity contribution in [3.8, 4) is 11.3 Å². The van der Waals surface area contributed by atoms with E-state index in [1.165, 1.54) is 6.07 Å². The average molecular weight is 365 g/mol. The summed E-state index contributed by atoms with van der Waals surface area (Å²) in [5.41, 5.74) is 5.37. The Labute approximate surface area is 160 Å². The first-order valence-corrected chi connectivity index (χ1v) is 8.89. The molecule has 0 radical (unpaired) electrons. The number of H-pyrrole nitrogens is 1. The van der Waals surface area contributed by atoms with Crippen molar-refractivity contribution in [3.05, 3.63) is 94.8 Å². The van der Waals surface area contributed by atoms with Crippen LogP contribution in [-0.2, 0) is 6.42 Å². The van der Waals surface area contributed by atoms with Gasteiger partial charge in [0.05, 0.1) is 22.4 Å². The van der Waals surface area contributed by atoms with Crippen molar-refractivity contribution in [2.45, 2.75) is 6.42 Å². The summed E-state index contributed by atoms with van der Waals surface area (Å²) in [6, 6.07) is 17.6. The van der Waals surface area contributed by atoms with Crippen LogP contribution in [0.25, 0.3) is 33.1 Å². The van der Waals surface area contributed by atoms with Crippen molar-refractivity contribution >= 4 is 21.8 Å². The Balaban J connectivity index is 1.49. The van der Waals surface area contributed by atoms with Gasteiger partial charge in [0, 0.05) is 42.0 Å². The molecule has 0 unspecified atom stereocenters. The van der Waals surface area contributed by atoms with Crippen molar-refractivity contribution in [2.24, 2.45) is 0 Å². The van der Waals surface area contributed by atoms with Crippen molar-refractivity contribution in [1.29, 1.82) is 0 Å². The second kappa shape index (κ2) is 6.66. The number of aromatic nitrogens is 5. The molecule has 28 heavy (non-hydrogen) atoms. The SMILES string of the molecule is O=c1ccc(Cc2ccc3cc(-c4ccc5nccnc5c4)ncc3c2)n[nH]1. The van der Waals surface area contributed by atoms with E-state index in [0.29, 0.717) is 6.42 Å². The minimum absolute atomic E-state index is 0.196. The molecule has 0 aliphatic carbocycles. The highest BCUT2D eigenvalue weighted by Gasteiger charge is 2.06. The fourth-order valence-corrected chi connectivity index (χ4v) is 3.26. The average Bonchev–Trinajstić information content (AvgIpc) is 2.74. The second-order valence-electron chi connectivity index (χ2n) is 6.60. The summed E-state index contributed by atoms with van der Waals surface area (Å²) in [6.07, 6.45) is 5.92. The van der Waals surface area contributed by atoms with Gasteiger partial charge in [0.1, 0.15) is 0 Å². The van der Waals surface area contributed by atoms with Crippen LogP contribution in [0.4, 0.5) is 0 Å². The minimum Gasteiger partial charge on any atom is -0.268 e. The molecule has 0 saturated carbocycles. The van der Waals surface area contributed by atoms with Gasteiger partial charge in [-0.3, -0.25) is 19.7 Å². The molecule has 0 spiro atoms. The second-order valence-corrected chi connectivity index (χ2v) is 6.60. The zero-order valence-corrected chi connectivity index (χ0v) is 14.8. The van der Waals surface area contributed by atoms with E-state index in [9.17, 15) is 4.79 Å². The highest BCUT2D eigenvalue weighted by Crippen LogP contribution is 2.25. The van der Waals surface area contributed by atoms with Gasteiger partial charge in [0.15, 0.2) is 0 Å². The first-order chi connectivity index (χ1) is 13.7. The number of pyridine rings is 1. The van der Waals surface area contributed by atoms with E-state index in [2.05, 4.69) is 49.4 Å². The Morgan fingerprint density at radius 1 is 0.786 bits per heavy atom. The maximum absolute atomic E-state index is 11.1. The number of fused-ring (bicyclic) bond motifs is 2. The topological polar surface area (TPSA) is 84.4 Å². The molecular formula is C22H15N5O. The van der Waals surface area contributed by atoms with Gasteiger partial charge < -0.3 is 0 Å². The highest BCUT2D eigenvalue weighted by molar-refractivity contribution is 5.87. The van der Waals surface area contributed by atoms with Gasteiger partial charge in [-0.25, -0.2) is 5.10 Å². The number of aromatic amines is 1. The summed E-state index contributed by atoms with van der Waals surface area (Å²) in [6.45, 7) is 0. The number of rotatable bonds is 3. The third-order valence-electron chi connectivity index (χ3n) is 4.67. The molecule has 6 nitrogen and oxygen atoms in total. The van der Waals surface area contributed by atoms with Crippen LogP contribution in [0.2, 0.25) is 0 Å². The number of nitrogens with one attached hydrogen (secondary N) is 1. The zero-order valence-electron chi connectivity index (χ0n) is 14.8. The van der Waals surface area contributed by atoms with Crippen LogP contribution < -0.4 is 5.56 Å². The van der Waals surface area contributed by atoms with E-state index >= 15 is 0 Å². The van der Waals surface area contributed by atoms with Crippen LogP contribution in [0.1, 0.15) is 11.3 Å². The molecular weight excluding hydrogens is 350 g/mol. The molecule has 3 heterocycles. The number of hydrogen-bond donors (Lipinski definition) is 1. The first kappa shape index (κ1) is 16.3. The number of nitrogens with zero attached hydrogens (tertiary/aromatic N) is 4. The molecule has 6 heteroatoms. The Kier molecular flexibility index (Phi) is 3.87. The normalized spacial score (nSPS) is 11.1. The van der Waals surface area contributed by atoms with Gasteiger partial charge in [-0.1, -0.05) is 18.2 Å². The molecule has 0 bridgehead atoms. The van der Waals surface area contributed by atoms with Crippen LogP contribution in [0.15, 0.2) is 78.0 Å². The van der Waals surface area contributed by atoms with Crippen LogP contribution in [0, 0.1) is 0 Å².